The highest BCUT2D eigenvalue weighted by molar-refractivity contribution is 8.06. The third kappa shape index (κ3) is 13.1. The van der Waals surface area contributed by atoms with Gasteiger partial charge in [0.25, 0.3) is 0 Å². The molecule has 1 atom stereocenters. The van der Waals surface area contributed by atoms with E-state index in [9.17, 15) is 0 Å². The molecule has 1 aliphatic heterocycles. The zero-order valence-electron chi connectivity index (χ0n) is 13.3. The van der Waals surface area contributed by atoms with Crippen molar-refractivity contribution in [3.63, 3.8) is 0 Å². The summed E-state index contributed by atoms with van der Waals surface area (Å²) in [5, 5.41) is 1.07. The summed E-state index contributed by atoms with van der Waals surface area (Å²) < 4.78 is 0. The largest absolute Gasteiger partial charge is 0.157 e. The van der Waals surface area contributed by atoms with Crippen LogP contribution in [0.5, 0.6) is 0 Å². The van der Waals surface area contributed by atoms with Crippen LogP contribution in [0.3, 0.4) is 0 Å². The summed E-state index contributed by atoms with van der Waals surface area (Å²) in [5.41, 5.74) is 0. The summed E-state index contributed by atoms with van der Waals surface area (Å²) in [4.78, 5) is 0. The van der Waals surface area contributed by atoms with Gasteiger partial charge in [-0.3, -0.25) is 0 Å². The number of rotatable bonds is 15. The van der Waals surface area contributed by atoms with Crippen molar-refractivity contribution in [1.82, 2.24) is 0 Å². The first kappa shape index (κ1) is 17.4. The van der Waals surface area contributed by atoms with Gasteiger partial charge in [-0.05, 0) is 6.42 Å². The molecule has 1 aliphatic rings. The van der Waals surface area contributed by atoms with Crippen molar-refractivity contribution in [1.29, 1.82) is 0 Å². The maximum atomic E-state index is 2.30. The van der Waals surface area contributed by atoms with E-state index in [1.54, 1.807) is 0 Å². The quantitative estimate of drug-likeness (QED) is 0.231. The fraction of sp³-hybridized carbons (Fsp3) is 1.00. The van der Waals surface area contributed by atoms with Gasteiger partial charge in [0, 0.05) is 11.0 Å². The van der Waals surface area contributed by atoms with Crippen molar-refractivity contribution in [2.24, 2.45) is 0 Å². The number of unbranched alkanes of at least 4 members (excludes halogenated alkanes) is 13. The zero-order chi connectivity index (χ0) is 13.6. The molecule has 1 fully saturated rings. The second-order valence-electron chi connectivity index (χ2n) is 6.34. The van der Waals surface area contributed by atoms with E-state index >= 15 is 0 Å². The Balaban J connectivity index is 1.60. The van der Waals surface area contributed by atoms with Crippen molar-refractivity contribution >= 4 is 11.8 Å². The molecule has 0 aromatic carbocycles. The first-order chi connectivity index (χ1) is 9.43. The van der Waals surface area contributed by atoms with Crippen LogP contribution in [0.25, 0.3) is 0 Å². The van der Waals surface area contributed by atoms with Crippen LogP contribution < -0.4 is 0 Å². The highest BCUT2D eigenvalue weighted by Crippen LogP contribution is 2.34. The summed E-state index contributed by atoms with van der Waals surface area (Å²) in [6.07, 6.45) is 22.2. The molecule has 1 heterocycles. The Labute approximate surface area is 126 Å². The van der Waals surface area contributed by atoms with Crippen molar-refractivity contribution in [2.75, 3.05) is 5.75 Å². The van der Waals surface area contributed by atoms with Gasteiger partial charge < -0.3 is 0 Å². The summed E-state index contributed by atoms with van der Waals surface area (Å²) in [6.45, 7) is 2.30. The van der Waals surface area contributed by atoms with E-state index in [4.69, 9.17) is 0 Å². The Kier molecular flexibility index (Phi) is 12.2. The second-order valence-corrected chi connectivity index (χ2v) is 7.67. The molecule has 1 rings (SSSR count). The van der Waals surface area contributed by atoms with E-state index in [0.29, 0.717) is 0 Å². The lowest BCUT2D eigenvalue weighted by Gasteiger charge is -2.03. The van der Waals surface area contributed by atoms with Crippen molar-refractivity contribution in [3.8, 4) is 0 Å². The van der Waals surface area contributed by atoms with Crippen LogP contribution in [0.15, 0.2) is 0 Å². The first-order valence-electron chi connectivity index (χ1n) is 9.05. The lowest BCUT2D eigenvalue weighted by molar-refractivity contribution is 0.533. The molecule has 0 aromatic heterocycles. The molecule has 1 unspecified atom stereocenters. The third-order valence-electron chi connectivity index (χ3n) is 4.28. The van der Waals surface area contributed by atoms with E-state index in [-0.39, 0.29) is 0 Å². The third-order valence-corrected chi connectivity index (χ3v) is 5.32. The van der Waals surface area contributed by atoms with E-state index in [1.165, 1.54) is 102 Å². The molecule has 0 aliphatic carbocycles. The maximum Gasteiger partial charge on any atom is 0.0138 e. The normalized spacial score (nSPS) is 17.8. The fourth-order valence-corrected chi connectivity index (χ4v) is 3.44. The Morgan fingerprint density at radius 1 is 0.632 bits per heavy atom. The predicted octanol–water partition coefficient (Wildman–Crippen LogP) is 6.97. The highest BCUT2D eigenvalue weighted by atomic mass is 32.2. The molecule has 0 spiro atoms. The highest BCUT2D eigenvalue weighted by Gasteiger charge is 2.20. The van der Waals surface area contributed by atoms with Crippen LogP contribution in [0.4, 0.5) is 0 Å². The number of thioether (sulfide) groups is 1. The lowest BCUT2D eigenvalue weighted by Crippen LogP contribution is -1.85. The summed E-state index contributed by atoms with van der Waals surface area (Å²) in [6, 6.07) is 0. The zero-order valence-corrected chi connectivity index (χ0v) is 14.1. The van der Waals surface area contributed by atoms with Crippen LogP contribution in [-0.4, -0.2) is 11.0 Å². The molecule has 1 saturated heterocycles. The second kappa shape index (κ2) is 13.3. The van der Waals surface area contributed by atoms with Gasteiger partial charge in [-0.15, -0.1) is 0 Å². The summed E-state index contributed by atoms with van der Waals surface area (Å²) >= 11 is 2.15. The van der Waals surface area contributed by atoms with Crippen LogP contribution >= 0.6 is 11.8 Å². The Morgan fingerprint density at radius 3 is 1.37 bits per heavy atom. The SMILES string of the molecule is CCCCCCCCCCCCCCCCC1CS1. The van der Waals surface area contributed by atoms with Crippen molar-refractivity contribution < 1.29 is 0 Å². The van der Waals surface area contributed by atoms with Crippen molar-refractivity contribution in [3.05, 3.63) is 0 Å². The van der Waals surface area contributed by atoms with Gasteiger partial charge in [0.05, 0.1) is 0 Å². The van der Waals surface area contributed by atoms with Gasteiger partial charge in [0.2, 0.25) is 0 Å². The average molecular weight is 285 g/mol. The molecule has 0 saturated carbocycles. The standard InChI is InChI=1S/C18H36S/c1-2-3-4-5-6-7-8-9-10-11-12-13-14-15-16-18-17-19-18/h18H,2-17H2,1H3. The minimum atomic E-state index is 1.07. The van der Waals surface area contributed by atoms with Gasteiger partial charge in [-0.1, -0.05) is 96.8 Å². The van der Waals surface area contributed by atoms with E-state index in [2.05, 4.69) is 18.7 Å². The smallest absolute Gasteiger partial charge is 0.0138 e. The molecule has 0 aromatic rings. The van der Waals surface area contributed by atoms with Gasteiger partial charge in [0.1, 0.15) is 0 Å². The van der Waals surface area contributed by atoms with Crippen molar-refractivity contribution in [2.45, 2.75) is 108 Å². The summed E-state index contributed by atoms with van der Waals surface area (Å²) in [7, 11) is 0. The minimum absolute atomic E-state index is 1.07. The summed E-state index contributed by atoms with van der Waals surface area (Å²) in [5.74, 6) is 1.46. The number of hydrogen-bond donors (Lipinski definition) is 0. The fourth-order valence-electron chi connectivity index (χ4n) is 2.80. The van der Waals surface area contributed by atoms with Crippen LogP contribution in [0.1, 0.15) is 103 Å². The monoisotopic (exact) mass is 284 g/mol. The molecule has 1 heteroatoms. The Morgan fingerprint density at radius 2 is 1.00 bits per heavy atom. The maximum absolute atomic E-state index is 2.30. The van der Waals surface area contributed by atoms with E-state index in [0.717, 1.165) is 5.25 Å². The van der Waals surface area contributed by atoms with Gasteiger partial charge in [-0.2, -0.15) is 11.8 Å². The topological polar surface area (TPSA) is 0 Å². The molecular weight excluding hydrogens is 248 g/mol. The lowest BCUT2D eigenvalue weighted by atomic mass is 10.0. The molecule has 114 valence electrons. The average Bonchev–Trinajstić information content (AvgIpc) is 3.23. The molecular formula is C18H36S. The van der Waals surface area contributed by atoms with Crippen LogP contribution in [0, 0.1) is 0 Å². The van der Waals surface area contributed by atoms with Gasteiger partial charge >= 0.3 is 0 Å². The Hall–Kier alpha value is 0.350. The first-order valence-corrected chi connectivity index (χ1v) is 10.1. The molecule has 0 bridgehead atoms. The van der Waals surface area contributed by atoms with Gasteiger partial charge in [-0.25, -0.2) is 0 Å². The molecule has 0 radical (unpaired) electrons. The van der Waals surface area contributed by atoms with Crippen LogP contribution in [-0.2, 0) is 0 Å². The van der Waals surface area contributed by atoms with Gasteiger partial charge in [0.15, 0.2) is 0 Å². The van der Waals surface area contributed by atoms with E-state index in [1.807, 2.05) is 0 Å². The minimum Gasteiger partial charge on any atom is -0.157 e. The molecule has 0 nitrogen and oxygen atoms in total. The molecule has 0 amide bonds. The molecule has 19 heavy (non-hydrogen) atoms. The van der Waals surface area contributed by atoms with Crippen LogP contribution in [0.2, 0.25) is 0 Å². The van der Waals surface area contributed by atoms with E-state index < -0.39 is 0 Å². The molecule has 0 N–H and O–H groups in total. The predicted molar refractivity (Wildman–Crippen MR) is 91.2 cm³/mol. The number of hydrogen-bond acceptors (Lipinski definition) is 1. The Bertz CT molecular complexity index is 175.